The molecule has 6 heteroatoms. The monoisotopic (exact) mass is 321 g/mol. The van der Waals surface area contributed by atoms with Gasteiger partial charge in [0.1, 0.15) is 0 Å². The van der Waals surface area contributed by atoms with Crippen LogP contribution in [-0.2, 0) is 6.54 Å². The van der Waals surface area contributed by atoms with E-state index in [0.717, 1.165) is 16.8 Å². The summed E-state index contributed by atoms with van der Waals surface area (Å²) in [4.78, 5) is 17.9. The number of nitrogens with one attached hydrogen (secondary N) is 1. The number of aromatic nitrogens is 3. The van der Waals surface area contributed by atoms with Gasteiger partial charge in [-0.05, 0) is 36.8 Å². The van der Waals surface area contributed by atoms with E-state index in [1.807, 2.05) is 55.6 Å². The van der Waals surface area contributed by atoms with Crippen molar-refractivity contribution in [2.45, 2.75) is 13.5 Å². The smallest absolute Gasteiger partial charge is 0.323 e. The lowest BCUT2D eigenvalue weighted by Crippen LogP contribution is -2.31. The highest BCUT2D eigenvalue weighted by Crippen LogP contribution is 2.16. The number of amides is 2. The predicted molar refractivity (Wildman–Crippen MR) is 93.0 cm³/mol. The third-order valence-electron chi connectivity index (χ3n) is 3.66. The summed E-state index contributed by atoms with van der Waals surface area (Å²) in [7, 11) is 1.75. The fourth-order valence-electron chi connectivity index (χ4n) is 2.33. The summed E-state index contributed by atoms with van der Waals surface area (Å²) in [5.74, 6) is 0.561. The number of rotatable bonds is 4. The molecule has 1 aromatic carbocycles. The van der Waals surface area contributed by atoms with Crippen LogP contribution in [0.25, 0.3) is 5.69 Å². The molecule has 1 N–H and O–H groups in total. The molecule has 0 saturated carbocycles. The lowest BCUT2D eigenvalue weighted by molar-refractivity contribution is 0.220. The Labute approximate surface area is 140 Å². The molecule has 0 aliphatic rings. The first kappa shape index (κ1) is 15.7. The number of carbonyl (C=O) groups is 1. The summed E-state index contributed by atoms with van der Waals surface area (Å²) in [6.45, 7) is 2.43. The summed E-state index contributed by atoms with van der Waals surface area (Å²) in [6, 6.07) is 13.4. The van der Waals surface area contributed by atoms with Gasteiger partial charge in [-0.3, -0.25) is 10.3 Å². The molecule has 122 valence electrons. The van der Waals surface area contributed by atoms with Crippen molar-refractivity contribution in [1.29, 1.82) is 0 Å². The van der Waals surface area contributed by atoms with Gasteiger partial charge in [0, 0.05) is 37.7 Å². The van der Waals surface area contributed by atoms with Gasteiger partial charge in [0.05, 0.1) is 5.69 Å². The molecule has 2 aromatic heterocycles. The Bertz CT molecular complexity index is 814. The number of anilines is 1. The average Bonchev–Trinajstić information content (AvgIpc) is 2.97. The summed E-state index contributed by atoms with van der Waals surface area (Å²) < 4.78 is 1.76. The zero-order valence-electron chi connectivity index (χ0n) is 13.7. The first-order chi connectivity index (χ1) is 11.6. The maximum absolute atomic E-state index is 12.4. The largest absolute Gasteiger partial charge is 0.323 e. The van der Waals surface area contributed by atoms with Gasteiger partial charge in [0.25, 0.3) is 0 Å². The fourth-order valence-corrected chi connectivity index (χ4v) is 2.33. The van der Waals surface area contributed by atoms with Crippen LogP contribution in [0.5, 0.6) is 0 Å². The molecule has 6 nitrogen and oxygen atoms in total. The number of para-hydroxylation sites is 1. The van der Waals surface area contributed by atoms with Gasteiger partial charge in [0.15, 0.2) is 5.82 Å². The van der Waals surface area contributed by atoms with Gasteiger partial charge in [0.2, 0.25) is 0 Å². The molecule has 0 fully saturated rings. The molecule has 0 bridgehead atoms. The molecule has 0 unspecified atom stereocenters. The van der Waals surface area contributed by atoms with Crippen molar-refractivity contribution in [3.05, 3.63) is 72.2 Å². The molecule has 3 aromatic rings. The van der Waals surface area contributed by atoms with E-state index in [4.69, 9.17) is 0 Å². The summed E-state index contributed by atoms with van der Waals surface area (Å²) in [5, 5.41) is 7.32. The van der Waals surface area contributed by atoms with Crippen LogP contribution < -0.4 is 5.32 Å². The third-order valence-corrected chi connectivity index (χ3v) is 3.66. The SMILES string of the molecule is Cc1cn(-c2ccccc2)nc1NC(=O)N(C)Cc1ccncc1. The van der Waals surface area contributed by atoms with Crippen molar-refractivity contribution >= 4 is 11.8 Å². The van der Waals surface area contributed by atoms with E-state index >= 15 is 0 Å². The molecule has 2 heterocycles. The molecule has 24 heavy (non-hydrogen) atoms. The minimum atomic E-state index is -0.201. The normalized spacial score (nSPS) is 10.4. The summed E-state index contributed by atoms with van der Waals surface area (Å²) >= 11 is 0. The van der Waals surface area contributed by atoms with Crippen molar-refractivity contribution in [3.63, 3.8) is 0 Å². The molecule has 0 radical (unpaired) electrons. The van der Waals surface area contributed by atoms with Crippen molar-refractivity contribution in [1.82, 2.24) is 19.7 Å². The Morgan fingerprint density at radius 3 is 2.58 bits per heavy atom. The Morgan fingerprint density at radius 1 is 1.17 bits per heavy atom. The third kappa shape index (κ3) is 3.60. The van der Waals surface area contributed by atoms with Crippen LogP contribution in [0.1, 0.15) is 11.1 Å². The number of pyridine rings is 1. The lowest BCUT2D eigenvalue weighted by Gasteiger charge is -2.17. The van der Waals surface area contributed by atoms with Gasteiger partial charge < -0.3 is 4.90 Å². The molecule has 0 atom stereocenters. The van der Waals surface area contributed by atoms with E-state index in [9.17, 15) is 4.79 Å². The number of hydrogen-bond donors (Lipinski definition) is 1. The molecule has 0 aliphatic heterocycles. The molecular weight excluding hydrogens is 302 g/mol. The number of urea groups is 1. The fraction of sp³-hybridized carbons (Fsp3) is 0.167. The molecular formula is C18H19N5O. The second-order valence-electron chi connectivity index (χ2n) is 5.58. The summed E-state index contributed by atoms with van der Waals surface area (Å²) in [5.41, 5.74) is 2.88. The standard InChI is InChI=1S/C18H19N5O/c1-14-12-23(16-6-4-3-5-7-16)21-17(14)20-18(24)22(2)13-15-8-10-19-11-9-15/h3-12H,13H2,1-2H3,(H,20,21,24). The number of hydrogen-bond acceptors (Lipinski definition) is 3. The molecule has 0 saturated heterocycles. The van der Waals surface area contributed by atoms with Crippen LogP contribution in [0, 0.1) is 6.92 Å². The van der Waals surface area contributed by atoms with E-state index in [-0.39, 0.29) is 6.03 Å². The van der Waals surface area contributed by atoms with E-state index in [1.54, 1.807) is 29.0 Å². The maximum Gasteiger partial charge on any atom is 0.323 e. The lowest BCUT2D eigenvalue weighted by atomic mass is 10.2. The first-order valence-corrected chi connectivity index (χ1v) is 7.66. The van der Waals surface area contributed by atoms with Crippen LogP contribution >= 0.6 is 0 Å². The van der Waals surface area contributed by atoms with Crippen molar-refractivity contribution in [3.8, 4) is 5.69 Å². The second-order valence-corrected chi connectivity index (χ2v) is 5.58. The number of aryl methyl sites for hydroxylation is 1. The van der Waals surface area contributed by atoms with Crippen molar-refractivity contribution < 1.29 is 4.79 Å². The zero-order valence-corrected chi connectivity index (χ0v) is 13.7. The summed E-state index contributed by atoms with van der Waals surface area (Å²) in [6.07, 6.45) is 5.33. The highest BCUT2D eigenvalue weighted by Gasteiger charge is 2.13. The van der Waals surface area contributed by atoms with Crippen LogP contribution in [0.4, 0.5) is 10.6 Å². The van der Waals surface area contributed by atoms with Crippen LogP contribution in [0.15, 0.2) is 61.1 Å². The molecule has 0 aliphatic carbocycles. The Balaban J connectivity index is 1.69. The van der Waals surface area contributed by atoms with E-state index in [2.05, 4.69) is 15.4 Å². The second kappa shape index (κ2) is 6.95. The number of carbonyl (C=O) groups excluding carboxylic acids is 1. The van der Waals surface area contributed by atoms with Gasteiger partial charge in [-0.25, -0.2) is 9.48 Å². The van der Waals surface area contributed by atoms with Crippen molar-refractivity contribution in [2.75, 3.05) is 12.4 Å². The van der Waals surface area contributed by atoms with Gasteiger partial charge in [-0.2, -0.15) is 0 Å². The number of nitrogens with zero attached hydrogens (tertiary/aromatic N) is 4. The van der Waals surface area contributed by atoms with Gasteiger partial charge in [-0.15, -0.1) is 5.10 Å². The van der Waals surface area contributed by atoms with E-state index in [0.29, 0.717) is 12.4 Å². The van der Waals surface area contributed by atoms with Gasteiger partial charge >= 0.3 is 6.03 Å². The minimum absolute atomic E-state index is 0.201. The molecule has 0 spiro atoms. The first-order valence-electron chi connectivity index (χ1n) is 7.66. The van der Waals surface area contributed by atoms with Crippen LogP contribution in [0.3, 0.4) is 0 Å². The van der Waals surface area contributed by atoms with Crippen LogP contribution in [0.2, 0.25) is 0 Å². The Hall–Kier alpha value is -3.15. The minimum Gasteiger partial charge on any atom is -0.323 e. The van der Waals surface area contributed by atoms with Crippen LogP contribution in [-0.4, -0.2) is 32.7 Å². The average molecular weight is 321 g/mol. The highest BCUT2D eigenvalue weighted by atomic mass is 16.2. The zero-order chi connectivity index (χ0) is 16.9. The Kier molecular flexibility index (Phi) is 4.56. The predicted octanol–water partition coefficient (Wildman–Crippen LogP) is 3.24. The quantitative estimate of drug-likeness (QED) is 0.802. The topological polar surface area (TPSA) is 63.1 Å². The number of benzene rings is 1. The van der Waals surface area contributed by atoms with Crippen molar-refractivity contribution in [2.24, 2.45) is 0 Å². The van der Waals surface area contributed by atoms with Gasteiger partial charge in [-0.1, -0.05) is 18.2 Å². The maximum atomic E-state index is 12.4. The molecule has 2 amide bonds. The Morgan fingerprint density at radius 2 is 1.88 bits per heavy atom. The highest BCUT2D eigenvalue weighted by molar-refractivity contribution is 5.88. The van der Waals surface area contributed by atoms with E-state index < -0.39 is 0 Å². The van der Waals surface area contributed by atoms with E-state index in [1.165, 1.54) is 0 Å². The molecule has 3 rings (SSSR count).